The van der Waals surface area contributed by atoms with Crippen molar-refractivity contribution in [2.45, 2.75) is 19.4 Å². The van der Waals surface area contributed by atoms with Crippen LogP contribution in [0.1, 0.15) is 28.3 Å². The Kier molecular flexibility index (Phi) is 3.18. The predicted molar refractivity (Wildman–Crippen MR) is 72.8 cm³/mol. The van der Waals surface area contributed by atoms with Gasteiger partial charge in [-0.05, 0) is 42.2 Å². The summed E-state index contributed by atoms with van der Waals surface area (Å²) in [6, 6.07) is 7.82. The fourth-order valence-corrected chi connectivity index (χ4v) is 2.70. The summed E-state index contributed by atoms with van der Waals surface area (Å²) in [6.45, 7) is 2.23. The van der Waals surface area contributed by atoms with Crippen molar-refractivity contribution in [3.63, 3.8) is 0 Å². The molecule has 3 rings (SSSR count). The molecule has 0 amide bonds. The number of hydrogen-bond acceptors (Lipinski definition) is 2. The van der Waals surface area contributed by atoms with E-state index in [1.807, 2.05) is 6.07 Å². The highest BCUT2D eigenvalue weighted by molar-refractivity contribution is 5.44. The SMILES string of the molecule is Cc1ccc(C2NCCc3ccc(O)cc32)c(F)c1F. The van der Waals surface area contributed by atoms with Crippen LogP contribution in [0.5, 0.6) is 5.75 Å². The summed E-state index contributed by atoms with van der Waals surface area (Å²) in [5.41, 5.74) is 2.42. The van der Waals surface area contributed by atoms with Gasteiger partial charge in [-0.3, -0.25) is 0 Å². The van der Waals surface area contributed by atoms with Crippen LogP contribution in [0, 0.1) is 18.6 Å². The Morgan fingerprint density at radius 1 is 1.10 bits per heavy atom. The fourth-order valence-electron chi connectivity index (χ4n) is 2.70. The highest BCUT2D eigenvalue weighted by atomic mass is 19.2. The summed E-state index contributed by atoms with van der Waals surface area (Å²) < 4.78 is 27.9. The summed E-state index contributed by atoms with van der Waals surface area (Å²) in [4.78, 5) is 0. The van der Waals surface area contributed by atoms with Crippen LogP contribution >= 0.6 is 0 Å². The molecule has 2 aromatic carbocycles. The van der Waals surface area contributed by atoms with Crippen molar-refractivity contribution in [2.24, 2.45) is 0 Å². The van der Waals surface area contributed by atoms with E-state index in [1.54, 1.807) is 24.3 Å². The molecule has 1 unspecified atom stereocenters. The third kappa shape index (κ3) is 2.06. The third-order valence-electron chi connectivity index (χ3n) is 3.80. The van der Waals surface area contributed by atoms with Crippen LogP contribution in [0.15, 0.2) is 30.3 Å². The summed E-state index contributed by atoms with van der Waals surface area (Å²) >= 11 is 0. The monoisotopic (exact) mass is 275 g/mol. The van der Waals surface area contributed by atoms with Crippen LogP contribution in [-0.2, 0) is 6.42 Å². The lowest BCUT2D eigenvalue weighted by Gasteiger charge is -2.28. The van der Waals surface area contributed by atoms with E-state index < -0.39 is 17.7 Å². The number of rotatable bonds is 1. The first-order valence-corrected chi connectivity index (χ1v) is 6.57. The minimum Gasteiger partial charge on any atom is -0.508 e. The minimum absolute atomic E-state index is 0.130. The first-order chi connectivity index (χ1) is 9.58. The zero-order valence-electron chi connectivity index (χ0n) is 11.1. The molecule has 0 aromatic heterocycles. The van der Waals surface area contributed by atoms with Gasteiger partial charge in [0.25, 0.3) is 0 Å². The zero-order valence-corrected chi connectivity index (χ0v) is 11.1. The van der Waals surface area contributed by atoms with Gasteiger partial charge in [0, 0.05) is 12.1 Å². The highest BCUT2D eigenvalue weighted by Crippen LogP contribution is 2.33. The van der Waals surface area contributed by atoms with Crippen LogP contribution in [0.4, 0.5) is 8.78 Å². The number of halogens is 2. The largest absolute Gasteiger partial charge is 0.508 e. The summed E-state index contributed by atoms with van der Waals surface area (Å²) in [7, 11) is 0. The van der Waals surface area contributed by atoms with E-state index in [0.717, 1.165) is 17.5 Å². The van der Waals surface area contributed by atoms with Crippen LogP contribution in [0.25, 0.3) is 0 Å². The normalized spacial score (nSPS) is 17.9. The van der Waals surface area contributed by atoms with Gasteiger partial charge in [-0.15, -0.1) is 0 Å². The molecule has 104 valence electrons. The molecule has 2 aromatic rings. The van der Waals surface area contributed by atoms with E-state index in [-0.39, 0.29) is 16.9 Å². The van der Waals surface area contributed by atoms with Gasteiger partial charge in [0.05, 0.1) is 6.04 Å². The smallest absolute Gasteiger partial charge is 0.164 e. The molecule has 0 bridgehead atoms. The lowest BCUT2D eigenvalue weighted by molar-refractivity contribution is 0.460. The lowest BCUT2D eigenvalue weighted by Crippen LogP contribution is -2.31. The zero-order chi connectivity index (χ0) is 14.3. The fraction of sp³-hybridized carbons (Fsp3) is 0.250. The van der Waals surface area contributed by atoms with Gasteiger partial charge in [0.1, 0.15) is 5.75 Å². The number of benzene rings is 2. The average Bonchev–Trinajstić information content (AvgIpc) is 2.45. The molecule has 0 radical (unpaired) electrons. The third-order valence-corrected chi connectivity index (χ3v) is 3.80. The highest BCUT2D eigenvalue weighted by Gasteiger charge is 2.25. The van der Waals surface area contributed by atoms with Gasteiger partial charge >= 0.3 is 0 Å². The van der Waals surface area contributed by atoms with Gasteiger partial charge in [-0.1, -0.05) is 18.2 Å². The van der Waals surface area contributed by atoms with Gasteiger partial charge in [0.2, 0.25) is 0 Å². The number of phenols is 1. The van der Waals surface area contributed by atoms with Crippen molar-refractivity contribution >= 4 is 0 Å². The van der Waals surface area contributed by atoms with E-state index in [0.29, 0.717) is 6.54 Å². The summed E-state index contributed by atoms with van der Waals surface area (Å²) in [5.74, 6) is -1.50. The summed E-state index contributed by atoms with van der Waals surface area (Å²) in [6.07, 6.45) is 0.808. The molecule has 1 aliphatic heterocycles. The van der Waals surface area contributed by atoms with Crippen molar-refractivity contribution in [2.75, 3.05) is 6.54 Å². The Morgan fingerprint density at radius 3 is 2.70 bits per heavy atom. The Bertz CT molecular complexity index is 670. The summed E-state index contributed by atoms with van der Waals surface area (Å²) in [5, 5.41) is 12.8. The second kappa shape index (κ2) is 4.87. The standard InChI is InChI=1S/C16H15F2NO/c1-9-2-5-12(15(18)14(9)17)16-13-8-11(20)4-3-10(13)6-7-19-16/h2-5,8,16,19-20H,6-7H2,1H3. The van der Waals surface area contributed by atoms with E-state index in [9.17, 15) is 13.9 Å². The topological polar surface area (TPSA) is 32.3 Å². The molecule has 0 saturated carbocycles. The van der Waals surface area contributed by atoms with Crippen molar-refractivity contribution in [3.05, 3.63) is 64.2 Å². The Morgan fingerprint density at radius 2 is 1.90 bits per heavy atom. The maximum atomic E-state index is 14.2. The molecule has 1 heterocycles. The molecule has 0 saturated heterocycles. The molecular formula is C16H15F2NO. The van der Waals surface area contributed by atoms with E-state index in [4.69, 9.17) is 0 Å². The van der Waals surface area contributed by atoms with Gasteiger partial charge in [-0.2, -0.15) is 0 Å². The van der Waals surface area contributed by atoms with E-state index >= 15 is 0 Å². The molecule has 2 nitrogen and oxygen atoms in total. The van der Waals surface area contributed by atoms with Crippen LogP contribution in [0.2, 0.25) is 0 Å². The number of aromatic hydroxyl groups is 1. The number of nitrogens with one attached hydrogen (secondary N) is 1. The molecule has 0 fully saturated rings. The number of phenolic OH excluding ortho intramolecular Hbond substituents is 1. The van der Waals surface area contributed by atoms with E-state index in [1.165, 1.54) is 6.92 Å². The molecule has 4 heteroatoms. The average molecular weight is 275 g/mol. The predicted octanol–water partition coefficient (Wildman–Crippen LogP) is 3.21. The molecule has 0 spiro atoms. The van der Waals surface area contributed by atoms with Crippen LogP contribution < -0.4 is 5.32 Å². The Balaban J connectivity index is 2.14. The minimum atomic E-state index is -0.821. The molecule has 1 aliphatic rings. The van der Waals surface area contributed by atoms with E-state index in [2.05, 4.69) is 5.32 Å². The first kappa shape index (κ1) is 13.1. The molecular weight excluding hydrogens is 260 g/mol. The van der Waals surface area contributed by atoms with Crippen molar-refractivity contribution < 1.29 is 13.9 Å². The van der Waals surface area contributed by atoms with Gasteiger partial charge in [-0.25, -0.2) is 8.78 Å². The number of hydrogen-bond donors (Lipinski definition) is 2. The second-order valence-corrected chi connectivity index (χ2v) is 5.12. The van der Waals surface area contributed by atoms with Crippen LogP contribution in [0.3, 0.4) is 0 Å². The molecule has 2 N–H and O–H groups in total. The van der Waals surface area contributed by atoms with Crippen molar-refractivity contribution in [3.8, 4) is 5.75 Å². The first-order valence-electron chi connectivity index (χ1n) is 6.57. The molecule has 0 aliphatic carbocycles. The van der Waals surface area contributed by atoms with Crippen LogP contribution in [-0.4, -0.2) is 11.7 Å². The Labute approximate surface area is 116 Å². The van der Waals surface area contributed by atoms with Crippen molar-refractivity contribution in [1.29, 1.82) is 0 Å². The number of aryl methyl sites for hydroxylation is 1. The maximum Gasteiger partial charge on any atom is 0.164 e. The molecule has 1 atom stereocenters. The second-order valence-electron chi connectivity index (χ2n) is 5.12. The van der Waals surface area contributed by atoms with Crippen molar-refractivity contribution in [1.82, 2.24) is 5.32 Å². The quantitative estimate of drug-likeness (QED) is 0.837. The maximum absolute atomic E-state index is 14.2. The molecule has 20 heavy (non-hydrogen) atoms. The lowest BCUT2D eigenvalue weighted by atomic mass is 9.89. The number of fused-ring (bicyclic) bond motifs is 1. The Hall–Kier alpha value is -1.94. The van der Waals surface area contributed by atoms with Gasteiger partial charge < -0.3 is 10.4 Å². The van der Waals surface area contributed by atoms with Gasteiger partial charge in [0.15, 0.2) is 11.6 Å².